The third-order valence-electron chi connectivity index (χ3n) is 3.75. The molecule has 1 amide bonds. The highest BCUT2D eigenvalue weighted by Crippen LogP contribution is 2.36. The van der Waals surface area contributed by atoms with E-state index in [0.29, 0.717) is 0 Å². The number of carboxylic acids is 1. The fourth-order valence-corrected chi connectivity index (χ4v) is 2.29. The summed E-state index contributed by atoms with van der Waals surface area (Å²) >= 11 is 0. The number of carbonyl (C=O) groups excluding carboxylic acids is 1. The molecule has 1 unspecified atom stereocenters. The molecular formula is C14H14F3NO3. The first kappa shape index (κ1) is 15.3. The van der Waals surface area contributed by atoms with Crippen molar-refractivity contribution >= 4 is 11.9 Å². The number of halogens is 3. The quantitative estimate of drug-likeness (QED) is 0.931. The second-order valence-electron chi connectivity index (χ2n) is 5.42. The number of alkyl halides is 2. The van der Waals surface area contributed by atoms with Crippen molar-refractivity contribution in [3.63, 3.8) is 0 Å². The Bertz CT molecular complexity index is 573. The number of amides is 1. The largest absolute Gasteiger partial charge is 0.481 e. The van der Waals surface area contributed by atoms with Gasteiger partial charge in [0, 0.05) is 18.7 Å². The van der Waals surface area contributed by atoms with E-state index in [9.17, 15) is 22.8 Å². The summed E-state index contributed by atoms with van der Waals surface area (Å²) in [5, 5.41) is 9.06. The predicted molar refractivity (Wildman–Crippen MR) is 67.2 cm³/mol. The lowest BCUT2D eigenvalue weighted by Gasteiger charge is -2.24. The molecule has 1 aromatic rings. The minimum Gasteiger partial charge on any atom is -0.481 e. The fourth-order valence-electron chi connectivity index (χ4n) is 2.29. The van der Waals surface area contributed by atoms with Crippen LogP contribution in [0.5, 0.6) is 0 Å². The fraction of sp³-hybridized carbons (Fsp3) is 0.429. The van der Waals surface area contributed by atoms with Crippen molar-refractivity contribution in [2.75, 3.05) is 13.1 Å². The number of hydrogen-bond acceptors (Lipinski definition) is 2. The third-order valence-corrected chi connectivity index (χ3v) is 3.75. The summed E-state index contributed by atoms with van der Waals surface area (Å²) in [7, 11) is 0. The first-order valence-corrected chi connectivity index (χ1v) is 6.33. The van der Waals surface area contributed by atoms with Gasteiger partial charge in [0.2, 0.25) is 0 Å². The van der Waals surface area contributed by atoms with Crippen LogP contribution >= 0.6 is 0 Å². The van der Waals surface area contributed by atoms with Crippen LogP contribution in [-0.2, 0) is 15.5 Å². The predicted octanol–water partition coefficient (Wildman–Crippen LogP) is 2.24. The number of hydrogen-bond donors (Lipinski definition) is 1. The minimum atomic E-state index is -3.81. The van der Waals surface area contributed by atoms with Crippen LogP contribution in [0.3, 0.4) is 0 Å². The molecule has 0 spiro atoms. The van der Waals surface area contributed by atoms with Crippen LogP contribution in [0.1, 0.15) is 18.9 Å². The van der Waals surface area contributed by atoms with Crippen LogP contribution in [-0.4, -0.2) is 35.0 Å². The van der Waals surface area contributed by atoms with Gasteiger partial charge in [-0.1, -0.05) is 0 Å². The van der Waals surface area contributed by atoms with E-state index >= 15 is 0 Å². The van der Waals surface area contributed by atoms with Gasteiger partial charge in [-0.3, -0.25) is 9.59 Å². The van der Waals surface area contributed by atoms with Crippen LogP contribution in [0.2, 0.25) is 0 Å². The standard InChI is InChI=1S/C14H14F3NO3/c1-13(12(20)21)6-7-18(8-13)11(19)14(16,17)9-2-4-10(15)5-3-9/h2-5H,6-8H2,1H3,(H,20,21). The summed E-state index contributed by atoms with van der Waals surface area (Å²) in [5.74, 6) is -7.07. The van der Waals surface area contributed by atoms with Gasteiger partial charge >= 0.3 is 11.9 Å². The molecule has 1 heterocycles. The van der Waals surface area contributed by atoms with Crippen molar-refractivity contribution in [3.05, 3.63) is 35.6 Å². The van der Waals surface area contributed by atoms with Gasteiger partial charge in [0.05, 0.1) is 5.41 Å². The number of carboxylic acid groups (broad SMARTS) is 1. The van der Waals surface area contributed by atoms with E-state index < -0.39 is 34.6 Å². The number of aliphatic carboxylic acids is 1. The molecule has 0 aliphatic carbocycles. The third kappa shape index (κ3) is 2.72. The van der Waals surface area contributed by atoms with Crippen LogP contribution in [0.4, 0.5) is 13.2 Å². The van der Waals surface area contributed by atoms with E-state index in [2.05, 4.69) is 0 Å². The Morgan fingerprint density at radius 3 is 2.33 bits per heavy atom. The monoisotopic (exact) mass is 301 g/mol. The summed E-state index contributed by atoms with van der Waals surface area (Å²) < 4.78 is 41.0. The lowest BCUT2D eigenvalue weighted by molar-refractivity contribution is -0.159. The zero-order chi connectivity index (χ0) is 15.8. The molecule has 1 atom stereocenters. The number of likely N-dealkylation sites (tertiary alicyclic amines) is 1. The maximum Gasteiger partial charge on any atom is 0.349 e. The Kier molecular flexibility index (Phi) is 3.69. The Balaban J connectivity index is 2.20. The Morgan fingerprint density at radius 2 is 1.86 bits per heavy atom. The Labute approximate surface area is 119 Å². The second kappa shape index (κ2) is 5.05. The lowest BCUT2D eigenvalue weighted by Crippen LogP contribution is -2.42. The van der Waals surface area contributed by atoms with Crippen molar-refractivity contribution in [1.29, 1.82) is 0 Å². The molecule has 0 radical (unpaired) electrons. The average Bonchev–Trinajstić information content (AvgIpc) is 2.82. The molecule has 1 aromatic carbocycles. The molecule has 0 aromatic heterocycles. The highest BCUT2D eigenvalue weighted by molar-refractivity contribution is 5.86. The molecule has 1 fully saturated rings. The van der Waals surface area contributed by atoms with Crippen molar-refractivity contribution in [2.24, 2.45) is 5.41 Å². The highest BCUT2D eigenvalue weighted by atomic mass is 19.3. The van der Waals surface area contributed by atoms with Crippen molar-refractivity contribution in [3.8, 4) is 0 Å². The molecule has 1 aliphatic heterocycles. The SMILES string of the molecule is CC1(C(=O)O)CCN(C(=O)C(F)(F)c2ccc(F)cc2)C1. The minimum absolute atomic E-state index is 0.0432. The van der Waals surface area contributed by atoms with Crippen LogP contribution in [0, 0.1) is 11.2 Å². The van der Waals surface area contributed by atoms with E-state index in [0.717, 1.165) is 29.2 Å². The van der Waals surface area contributed by atoms with Gasteiger partial charge in [-0.15, -0.1) is 0 Å². The van der Waals surface area contributed by atoms with Crippen molar-refractivity contribution < 1.29 is 27.9 Å². The summed E-state index contributed by atoms with van der Waals surface area (Å²) in [4.78, 5) is 23.9. The second-order valence-corrected chi connectivity index (χ2v) is 5.42. The molecule has 1 N–H and O–H groups in total. The number of benzene rings is 1. The zero-order valence-electron chi connectivity index (χ0n) is 11.3. The van der Waals surface area contributed by atoms with E-state index in [4.69, 9.17) is 5.11 Å². The van der Waals surface area contributed by atoms with Gasteiger partial charge < -0.3 is 10.0 Å². The van der Waals surface area contributed by atoms with Gasteiger partial charge in [-0.25, -0.2) is 4.39 Å². The van der Waals surface area contributed by atoms with Crippen molar-refractivity contribution in [1.82, 2.24) is 4.90 Å². The first-order chi connectivity index (χ1) is 9.67. The topological polar surface area (TPSA) is 57.6 Å². The van der Waals surface area contributed by atoms with Gasteiger partial charge in [0.1, 0.15) is 5.82 Å². The summed E-state index contributed by atoms with van der Waals surface area (Å²) in [6, 6.07) is 3.39. The molecule has 4 nitrogen and oxygen atoms in total. The number of carbonyl (C=O) groups is 2. The van der Waals surface area contributed by atoms with E-state index in [1.54, 1.807) is 0 Å². The van der Waals surface area contributed by atoms with Gasteiger partial charge in [-0.2, -0.15) is 8.78 Å². The molecule has 0 saturated carbocycles. The molecule has 7 heteroatoms. The smallest absolute Gasteiger partial charge is 0.349 e. The summed E-state index contributed by atoms with van der Waals surface area (Å²) in [5.41, 5.74) is -1.83. The first-order valence-electron chi connectivity index (χ1n) is 6.33. The molecule has 1 aliphatic rings. The zero-order valence-corrected chi connectivity index (χ0v) is 11.3. The van der Waals surface area contributed by atoms with Crippen LogP contribution in [0.15, 0.2) is 24.3 Å². The molecule has 21 heavy (non-hydrogen) atoms. The Hall–Kier alpha value is -2.05. The van der Waals surface area contributed by atoms with E-state index in [1.807, 2.05) is 0 Å². The Morgan fingerprint density at radius 1 is 1.29 bits per heavy atom. The molecular weight excluding hydrogens is 287 g/mol. The molecule has 114 valence electrons. The van der Waals surface area contributed by atoms with E-state index in [-0.39, 0.29) is 19.5 Å². The van der Waals surface area contributed by atoms with Gasteiger partial charge in [0.25, 0.3) is 5.91 Å². The normalized spacial score (nSPS) is 22.4. The van der Waals surface area contributed by atoms with Crippen LogP contribution in [0.25, 0.3) is 0 Å². The molecule has 2 rings (SSSR count). The number of nitrogens with zero attached hydrogens (tertiary/aromatic N) is 1. The maximum absolute atomic E-state index is 14.1. The average molecular weight is 301 g/mol. The summed E-state index contributed by atoms with van der Waals surface area (Å²) in [6.07, 6.45) is 0.119. The maximum atomic E-state index is 14.1. The number of rotatable bonds is 3. The van der Waals surface area contributed by atoms with Gasteiger partial charge in [-0.05, 0) is 37.6 Å². The molecule has 1 saturated heterocycles. The lowest BCUT2D eigenvalue weighted by atomic mass is 9.90. The molecule has 0 bridgehead atoms. The van der Waals surface area contributed by atoms with Crippen molar-refractivity contribution in [2.45, 2.75) is 19.3 Å². The summed E-state index contributed by atoms with van der Waals surface area (Å²) in [6.45, 7) is 1.11. The highest BCUT2D eigenvalue weighted by Gasteiger charge is 2.49. The van der Waals surface area contributed by atoms with Gasteiger partial charge in [0.15, 0.2) is 0 Å². The van der Waals surface area contributed by atoms with Crippen LogP contribution < -0.4 is 0 Å². The van der Waals surface area contributed by atoms with E-state index in [1.165, 1.54) is 6.92 Å².